The molecule has 1 heterocycles. The summed E-state index contributed by atoms with van der Waals surface area (Å²) < 4.78 is 11.4. The molecule has 4 rings (SSSR count). The molecule has 1 aliphatic rings. The van der Waals surface area contributed by atoms with Gasteiger partial charge in [-0.25, -0.2) is 0 Å². The van der Waals surface area contributed by atoms with Gasteiger partial charge < -0.3 is 9.47 Å². The van der Waals surface area contributed by atoms with Crippen molar-refractivity contribution in [2.24, 2.45) is 5.10 Å². The Kier molecular flexibility index (Phi) is 6.49. The summed E-state index contributed by atoms with van der Waals surface area (Å²) in [6, 6.07) is 20.4. The molecule has 0 aromatic heterocycles. The maximum Gasteiger partial charge on any atom is 0.280 e. The van der Waals surface area contributed by atoms with E-state index in [2.05, 4.69) is 5.10 Å². The number of carbonyl (C=O) groups excluding carboxylic acids is 1. The Morgan fingerprint density at radius 2 is 1.75 bits per heavy atom. The largest absolute Gasteiger partial charge is 0.493 e. The van der Waals surface area contributed by atoms with Crippen LogP contribution in [0.3, 0.4) is 0 Å². The standard InChI is InChI=1S/C25H20Cl2N2O3/c1-16-20(25(30)29(28-16)19-9-10-21(26)22(27)14-19)12-18-8-11-23(24(13-18)31-2)32-15-17-6-4-3-5-7-17/h3-14H,15H2,1-2H3/b20-12+. The van der Waals surface area contributed by atoms with Crippen LogP contribution in [0, 0.1) is 0 Å². The Balaban J connectivity index is 1.56. The van der Waals surface area contributed by atoms with Gasteiger partial charge in [0, 0.05) is 0 Å². The van der Waals surface area contributed by atoms with Gasteiger partial charge in [-0.2, -0.15) is 10.1 Å². The normalized spacial score (nSPS) is 14.6. The van der Waals surface area contributed by atoms with Crippen molar-refractivity contribution in [3.8, 4) is 11.5 Å². The van der Waals surface area contributed by atoms with Crippen molar-refractivity contribution in [3.63, 3.8) is 0 Å². The van der Waals surface area contributed by atoms with Crippen LogP contribution in [-0.2, 0) is 11.4 Å². The van der Waals surface area contributed by atoms with Crippen LogP contribution in [-0.4, -0.2) is 18.7 Å². The molecule has 0 bridgehead atoms. The lowest BCUT2D eigenvalue weighted by Crippen LogP contribution is -2.21. The number of amides is 1. The smallest absolute Gasteiger partial charge is 0.280 e. The first kappa shape index (κ1) is 21.9. The van der Waals surface area contributed by atoms with Gasteiger partial charge in [-0.3, -0.25) is 4.79 Å². The predicted molar refractivity (Wildman–Crippen MR) is 129 cm³/mol. The number of rotatable bonds is 6. The number of hydrogen-bond donors (Lipinski definition) is 0. The van der Waals surface area contributed by atoms with E-state index in [1.807, 2.05) is 48.5 Å². The number of hydrazone groups is 1. The lowest BCUT2D eigenvalue weighted by molar-refractivity contribution is -0.114. The van der Waals surface area contributed by atoms with Crippen molar-refractivity contribution in [2.45, 2.75) is 13.5 Å². The third-order valence-corrected chi connectivity index (χ3v) is 5.69. The summed E-state index contributed by atoms with van der Waals surface area (Å²) >= 11 is 12.1. The SMILES string of the molecule is COc1cc(/C=C2/C(=O)N(c3ccc(Cl)c(Cl)c3)N=C2C)ccc1OCc1ccccc1. The highest BCUT2D eigenvalue weighted by Gasteiger charge is 2.29. The Labute approximate surface area is 196 Å². The Bertz CT molecular complexity index is 1220. The summed E-state index contributed by atoms with van der Waals surface area (Å²) in [6.45, 7) is 2.22. The third kappa shape index (κ3) is 4.64. The van der Waals surface area contributed by atoms with Crippen molar-refractivity contribution in [1.82, 2.24) is 0 Å². The van der Waals surface area contributed by atoms with Gasteiger partial charge in [-0.05, 0) is 54.5 Å². The second-order valence-electron chi connectivity index (χ2n) is 7.14. The first-order valence-corrected chi connectivity index (χ1v) is 10.6. The maximum atomic E-state index is 13.0. The maximum absolute atomic E-state index is 13.0. The molecule has 0 N–H and O–H groups in total. The molecular formula is C25H20Cl2N2O3. The van der Waals surface area contributed by atoms with Gasteiger partial charge in [-0.1, -0.05) is 59.6 Å². The Morgan fingerprint density at radius 1 is 0.969 bits per heavy atom. The molecule has 32 heavy (non-hydrogen) atoms. The minimum atomic E-state index is -0.246. The van der Waals surface area contributed by atoms with Gasteiger partial charge in [0.05, 0.1) is 34.1 Å². The highest BCUT2D eigenvalue weighted by atomic mass is 35.5. The number of hydrogen-bond acceptors (Lipinski definition) is 4. The van der Waals surface area contributed by atoms with Crippen molar-refractivity contribution in [2.75, 3.05) is 12.1 Å². The third-order valence-electron chi connectivity index (χ3n) is 4.95. The quantitative estimate of drug-likeness (QED) is 0.395. The van der Waals surface area contributed by atoms with Gasteiger partial charge in [-0.15, -0.1) is 0 Å². The monoisotopic (exact) mass is 466 g/mol. The van der Waals surface area contributed by atoms with Gasteiger partial charge in [0.25, 0.3) is 5.91 Å². The van der Waals surface area contributed by atoms with E-state index in [0.29, 0.717) is 45.1 Å². The molecule has 0 radical (unpaired) electrons. The topological polar surface area (TPSA) is 51.1 Å². The number of benzene rings is 3. The van der Waals surface area contributed by atoms with Gasteiger partial charge in [0.15, 0.2) is 11.5 Å². The van der Waals surface area contributed by atoms with E-state index in [1.165, 1.54) is 5.01 Å². The summed E-state index contributed by atoms with van der Waals surface area (Å²) in [5.41, 5.74) is 3.49. The van der Waals surface area contributed by atoms with E-state index in [-0.39, 0.29) is 5.91 Å². The van der Waals surface area contributed by atoms with Crippen LogP contribution in [0.15, 0.2) is 77.4 Å². The second kappa shape index (κ2) is 9.47. The number of anilines is 1. The number of nitrogens with zero attached hydrogens (tertiary/aromatic N) is 2. The highest BCUT2D eigenvalue weighted by molar-refractivity contribution is 6.42. The molecule has 3 aromatic carbocycles. The summed E-state index contributed by atoms with van der Waals surface area (Å²) in [6.07, 6.45) is 1.78. The van der Waals surface area contributed by atoms with E-state index in [1.54, 1.807) is 38.3 Å². The van der Waals surface area contributed by atoms with Gasteiger partial charge in [0.1, 0.15) is 6.61 Å². The van der Waals surface area contributed by atoms with Gasteiger partial charge in [0.2, 0.25) is 0 Å². The predicted octanol–water partition coefficient (Wildman–Crippen LogP) is 6.39. The van der Waals surface area contributed by atoms with Crippen molar-refractivity contribution in [1.29, 1.82) is 0 Å². The van der Waals surface area contributed by atoms with E-state index < -0.39 is 0 Å². The molecule has 0 saturated carbocycles. The van der Waals surface area contributed by atoms with Crippen molar-refractivity contribution >= 4 is 46.6 Å². The zero-order valence-electron chi connectivity index (χ0n) is 17.5. The van der Waals surface area contributed by atoms with Crippen LogP contribution >= 0.6 is 23.2 Å². The second-order valence-corrected chi connectivity index (χ2v) is 7.96. The average molecular weight is 467 g/mol. The minimum Gasteiger partial charge on any atom is -0.493 e. The number of ether oxygens (including phenoxy) is 2. The van der Waals surface area contributed by atoms with E-state index >= 15 is 0 Å². The molecule has 0 spiro atoms. The number of carbonyl (C=O) groups is 1. The fraction of sp³-hybridized carbons (Fsp3) is 0.120. The molecule has 5 nitrogen and oxygen atoms in total. The molecule has 0 fully saturated rings. The van der Waals surface area contributed by atoms with Crippen molar-refractivity contribution in [3.05, 3.63) is 93.5 Å². The van der Waals surface area contributed by atoms with E-state index in [0.717, 1.165) is 11.1 Å². The summed E-state index contributed by atoms with van der Waals surface area (Å²) in [4.78, 5) is 13.0. The fourth-order valence-corrected chi connectivity index (χ4v) is 3.56. The number of methoxy groups -OCH3 is 1. The van der Waals surface area contributed by atoms with Crippen LogP contribution in [0.2, 0.25) is 10.0 Å². The molecule has 0 atom stereocenters. The molecule has 7 heteroatoms. The lowest BCUT2D eigenvalue weighted by Gasteiger charge is -2.13. The average Bonchev–Trinajstić information content (AvgIpc) is 3.09. The van der Waals surface area contributed by atoms with Crippen LogP contribution in [0.5, 0.6) is 11.5 Å². The van der Waals surface area contributed by atoms with Gasteiger partial charge >= 0.3 is 0 Å². The summed E-state index contributed by atoms with van der Waals surface area (Å²) in [5.74, 6) is 0.958. The van der Waals surface area contributed by atoms with Crippen LogP contribution in [0.1, 0.15) is 18.1 Å². The summed E-state index contributed by atoms with van der Waals surface area (Å²) in [7, 11) is 1.58. The molecule has 1 aliphatic heterocycles. The molecule has 3 aromatic rings. The van der Waals surface area contributed by atoms with E-state index in [9.17, 15) is 4.79 Å². The van der Waals surface area contributed by atoms with Crippen molar-refractivity contribution < 1.29 is 14.3 Å². The fourth-order valence-electron chi connectivity index (χ4n) is 3.27. The molecule has 162 valence electrons. The molecule has 0 unspecified atom stereocenters. The Hall–Kier alpha value is -3.28. The molecule has 0 aliphatic carbocycles. The zero-order valence-corrected chi connectivity index (χ0v) is 19.0. The molecular weight excluding hydrogens is 447 g/mol. The van der Waals surface area contributed by atoms with Crippen LogP contribution < -0.4 is 14.5 Å². The highest BCUT2D eigenvalue weighted by Crippen LogP contribution is 2.33. The summed E-state index contributed by atoms with van der Waals surface area (Å²) in [5, 5.41) is 6.48. The minimum absolute atomic E-state index is 0.246. The first-order valence-electron chi connectivity index (χ1n) is 9.88. The Morgan fingerprint density at radius 3 is 2.47 bits per heavy atom. The number of halogens is 2. The van der Waals surface area contributed by atoms with Crippen LogP contribution in [0.25, 0.3) is 6.08 Å². The first-order chi connectivity index (χ1) is 15.5. The molecule has 0 saturated heterocycles. The van der Waals surface area contributed by atoms with E-state index in [4.69, 9.17) is 32.7 Å². The lowest BCUT2D eigenvalue weighted by atomic mass is 10.1. The zero-order chi connectivity index (χ0) is 22.7. The molecule has 1 amide bonds. The van der Waals surface area contributed by atoms with Crippen LogP contribution in [0.4, 0.5) is 5.69 Å².